The van der Waals surface area contributed by atoms with Crippen LogP contribution >= 0.6 is 0 Å². The molecule has 2 amide bonds. The van der Waals surface area contributed by atoms with E-state index in [0.717, 1.165) is 38.8 Å². The molecule has 6 nitrogen and oxygen atoms in total. The van der Waals surface area contributed by atoms with E-state index in [1.54, 1.807) is 12.1 Å². The highest BCUT2D eigenvalue weighted by Crippen LogP contribution is 2.41. The lowest BCUT2D eigenvalue weighted by atomic mass is 9.77. The van der Waals surface area contributed by atoms with Gasteiger partial charge >= 0.3 is 0 Å². The molecule has 0 unspecified atom stereocenters. The Morgan fingerprint density at radius 3 is 2.55 bits per heavy atom. The molecule has 0 bridgehead atoms. The van der Waals surface area contributed by atoms with Gasteiger partial charge in [-0.3, -0.25) is 9.59 Å². The zero-order chi connectivity index (χ0) is 20.3. The first-order valence-electron chi connectivity index (χ1n) is 10.4. The highest BCUT2D eigenvalue weighted by Gasteiger charge is 2.45. The maximum atomic E-state index is 12.7. The molecule has 0 saturated carbocycles. The number of nitrogen functional groups attached to an aromatic ring is 1. The lowest BCUT2D eigenvalue weighted by Gasteiger charge is -2.38. The van der Waals surface area contributed by atoms with Crippen molar-refractivity contribution in [3.8, 4) is 0 Å². The number of aryl methyl sites for hydroxylation is 1. The van der Waals surface area contributed by atoms with Gasteiger partial charge in [0.2, 0.25) is 5.91 Å². The summed E-state index contributed by atoms with van der Waals surface area (Å²) in [6, 6.07) is 13.8. The van der Waals surface area contributed by atoms with Crippen molar-refractivity contribution in [3.05, 3.63) is 59.8 Å². The number of hydrogen-bond acceptors (Lipinski definition) is 4. The van der Waals surface area contributed by atoms with Gasteiger partial charge in [-0.2, -0.15) is 0 Å². The summed E-state index contributed by atoms with van der Waals surface area (Å²) in [6.45, 7) is 3.02. The molecular formula is C23H28N4O2. The Morgan fingerprint density at radius 1 is 1.10 bits per heavy atom. The van der Waals surface area contributed by atoms with Gasteiger partial charge in [0.05, 0.1) is 5.56 Å². The van der Waals surface area contributed by atoms with Gasteiger partial charge in [0.1, 0.15) is 5.82 Å². The monoisotopic (exact) mass is 392 g/mol. The van der Waals surface area contributed by atoms with Crippen LogP contribution in [0.25, 0.3) is 0 Å². The van der Waals surface area contributed by atoms with Gasteiger partial charge in [0, 0.05) is 44.2 Å². The molecule has 2 aliphatic rings. The Morgan fingerprint density at radius 2 is 1.86 bits per heavy atom. The Bertz CT molecular complexity index is 858. The summed E-state index contributed by atoms with van der Waals surface area (Å²) in [6.07, 6.45) is 5.89. The second-order valence-electron chi connectivity index (χ2n) is 8.35. The minimum atomic E-state index is -0.00334. The van der Waals surface area contributed by atoms with Gasteiger partial charge in [-0.1, -0.05) is 30.3 Å². The van der Waals surface area contributed by atoms with Crippen molar-refractivity contribution in [1.82, 2.24) is 14.8 Å². The second kappa shape index (κ2) is 8.23. The fourth-order valence-electron chi connectivity index (χ4n) is 4.54. The van der Waals surface area contributed by atoms with Gasteiger partial charge < -0.3 is 15.5 Å². The number of anilines is 1. The van der Waals surface area contributed by atoms with E-state index in [9.17, 15) is 9.59 Å². The lowest BCUT2D eigenvalue weighted by molar-refractivity contribution is -0.127. The topological polar surface area (TPSA) is 79.5 Å². The third-order valence-corrected chi connectivity index (χ3v) is 6.29. The van der Waals surface area contributed by atoms with Crippen molar-refractivity contribution in [2.45, 2.75) is 32.1 Å². The fraction of sp³-hybridized carbons (Fsp3) is 0.435. The van der Waals surface area contributed by atoms with E-state index >= 15 is 0 Å². The van der Waals surface area contributed by atoms with Crippen LogP contribution in [0.2, 0.25) is 0 Å². The van der Waals surface area contributed by atoms with E-state index in [1.807, 2.05) is 15.9 Å². The van der Waals surface area contributed by atoms with Crippen LogP contribution in [0, 0.1) is 5.41 Å². The molecule has 2 saturated heterocycles. The quantitative estimate of drug-likeness (QED) is 0.849. The Hall–Kier alpha value is -2.89. The summed E-state index contributed by atoms with van der Waals surface area (Å²) >= 11 is 0. The van der Waals surface area contributed by atoms with Crippen LogP contribution in [-0.2, 0) is 11.2 Å². The first-order chi connectivity index (χ1) is 14.0. The van der Waals surface area contributed by atoms with Gasteiger partial charge in [-0.15, -0.1) is 0 Å². The number of hydrogen-bond donors (Lipinski definition) is 1. The van der Waals surface area contributed by atoms with Gasteiger partial charge in [0.15, 0.2) is 0 Å². The molecule has 4 rings (SSSR count). The number of likely N-dealkylation sites (tertiary alicyclic amines) is 2. The van der Waals surface area contributed by atoms with E-state index in [1.165, 1.54) is 11.8 Å². The van der Waals surface area contributed by atoms with Crippen molar-refractivity contribution in [2.75, 3.05) is 31.9 Å². The number of carbonyl (C=O) groups is 2. The molecule has 152 valence electrons. The van der Waals surface area contributed by atoms with E-state index < -0.39 is 0 Å². The molecule has 1 aromatic carbocycles. The van der Waals surface area contributed by atoms with Crippen LogP contribution < -0.4 is 5.73 Å². The molecule has 3 heterocycles. The highest BCUT2D eigenvalue weighted by molar-refractivity contribution is 5.94. The highest BCUT2D eigenvalue weighted by atomic mass is 16.2. The van der Waals surface area contributed by atoms with Gasteiger partial charge in [-0.25, -0.2) is 4.98 Å². The number of nitrogens with two attached hydrogens (primary N) is 1. The zero-order valence-corrected chi connectivity index (χ0v) is 16.7. The molecule has 0 radical (unpaired) electrons. The molecular weight excluding hydrogens is 364 g/mol. The Kier molecular flexibility index (Phi) is 5.51. The summed E-state index contributed by atoms with van der Waals surface area (Å²) < 4.78 is 0. The fourth-order valence-corrected chi connectivity index (χ4v) is 4.54. The van der Waals surface area contributed by atoms with E-state index in [4.69, 9.17) is 5.73 Å². The summed E-state index contributed by atoms with van der Waals surface area (Å²) in [5, 5.41) is 0. The first kappa shape index (κ1) is 19.4. The normalized spacial score (nSPS) is 18.4. The van der Waals surface area contributed by atoms with E-state index in [2.05, 4.69) is 29.2 Å². The summed E-state index contributed by atoms with van der Waals surface area (Å²) in [4.78, 5) is 33.2. The average molecular weight is 393 g/mol. The number of carbonyl (C=O) groups excluding carboxylic acids is 2. The molecule has 1 spiro atoms. The zero-order valence-electron chi connectivity index (χ0n) is 16.7. The minimum Gasteiger partial charge on any atom is -0.384 e. The number of pyridine rings is 1. The van der Waals surface area contributed by atoms with Crippen LogP contribution in [0.1, 0.15) is 41.6 Å². The SMILES string of the molecule is Nc1ccc(C(=O)N2CCC3(CC2)CC(=O)N(CCCc2ccccc2)C3)cn1. The van der Waals surface area contributed by atoms with Crippen LogP contribution in [0.15, 0.2) is 48.7 Å². The standard InChI is InChI=1S/C23H28N4O2/c24-20-9-8-19(16-25-20)22(29)26-13-10-23(11-14-26)15-21(28)27(17-23)12-4-7-18-5-2-1-3-6-18/h1-3,5-6,8-9,16H,4,7,10-15,17H2,(H2,24,25). The molecule has 0 atom stereocenters. The Labute approximate surface area is 171 Å². The average Bonchev–Trinajstić information content (AvgIpc) is 3.04. The van der Waals surface area contributed by atoms with Crippen molar-refractivity contribution < 1.29 is 9.59 Å². The predicted molar refractivity (Wildman–Crippen MR) is 112 cm³/mol. The molecule has 29 heavy (non-hydrogen) atoms. The molecule has 1 aromatic heterocycles. The van der Waals surface area contributed by atoms with Crippen LogP contribution in [0.5, 0.6) is 0 Å². The summed E-state index contributed by atoms with van der Waals surface area (Å²) in [7, 11) is 0. The van der Waals surface area contributed by atoms with Gasteiger partial charge in [0.25, 0.3) is 5.91 Å². The van der Waals surface area contributed by atoms with Crippen LogP contribution in [0.4, 0.5) is 5.82 Å². The third-order valence-electron chi connectivity index (χ3n) is 6.29. The molecule has 2 fully saturated rings. The number of piperidine rings is 1. The molecule has 2 aromatic rings. The third kappa shape index (κ3) is 4.42. The number of nitrogens with zero attached hydrogens (tertiary/aromatic N) is 3. The smallest absolute Gasteiger partial charge is 0.255 e. The largest absolute Gasteiger partial charge is 0.384 e. The van der Waals surface area contributed by atoms with Gasteiger partial charge in [-0.05, 0) is 43.4 Å². The predicted octanol–water partition coefficient (Wildman–Crippen LogP) is 2.75. The van der Waals surface area contributed by atoms with E-state index in [0.29, 0.717) is 30.9 Å². The van der Waals surface area contributed by atoms with Crippen molar-refractivity contribution in [2.24, 2.45) is 5.41 Å². The van der Waals surface area contributed by atoms with Crippen molar-refractivity contribution in [1.29, 1.82) is 0 Å². The first-order valence-corrected chi connectivity index (χ1v) is 10.4. The second-order valence-corrected chi connectivity index (χ2v) is 8.35. The summed E-state index contributed by atoms with van der Waals surface area (Å²) in [5.74, 6) is 0.674. The number of benzene rings is 1. The maximum absolute atomic E-state index is 12.7. The number of rotatable bonds is 5. The Balaban J connectivity index is 1.28. The minimum absolute atomic E-state index is 0.00334. The van der Waals surface area contributed by atoms with Crippen molar-refractivity contribution in [3.63, 3.8) is 0 Å². The number of aromatic nitrogens is 1. The van der Waals surface area contributed by atoms with Crippen molar-refractivity contribution >= 4 is 17.6 Å². The van der Waals surface area contributed by atoms with Crippen LogP contribution in [0.3, 0.4) is 0 Å². The number of amides is 2. The molecule has 2 aliphatic heterocycles. The molecule has 2 N–H and O–H groups in total. The van der Waals surface area contributed by atoms with E-state index in [-0.39, 0.29) is 17.2 Å². The maximum Gasteiger partial charge on any atom is 0.255 e. The molecule has 6 heteroatoms. The molecule has 0 aliphatic carbocycles. The summed E-state index contributed by atoms with van der Waals surface area (Å²) in [5.41, 5.74) is 7.52. The van der Waals surface area contributed by atoms with Crippen LogP contribution in [-0.4, -0.2) is 52.8 Å². The lowest BCUT2D eigenvalue weighted by Crippen LogP contribution is -2.44.